The molecule has 0 saturated heterocycles. The van der Waals surface area contributed by atoms with Gasteiger partial charge >= 0.3 is 11.9 Å². The molecule has 5 nitrogen and oxygen atoms in total. The zero-order valence-electron chi connectivity index (χ0n) is 47.9. The van der Waals surface area contributed by atoms with E-state index in [-0.39, 0.29) is 25.2 Å². The van der Waals surface area contributed by atoms with Crippen LogP contribution in [0.15, 0.2) is 109 Å². The fourth-order valence-corrected chi connectivity index (χ4v) is 8.73. The molecule has 0 heterocycles. The highest BCUT2D eigenvalue weighted by molar-refractivity contribution is 5.70. The minimum absolute atomic E-state index is 0.0768. The van der Waals surface area contributed by atoms with Crippen molar-refractivity contribution in [2.75, 3.05) is 13.2 Å². The first kappa shape index (κ1) is 69.6. The number of hydrogen-bond acceptors (Lipinski definition) is 5. The van der Waals surface area contributed by atoms with E-state index in [4.69, 9.17) is 9.47 Å². The van der Waals surface area contributed by atoms with Gasteiger partial charge in [-0.1, -0.05) is 303 Å². The summed E-state index contributed by atoms with van der Waals surface area (Å²) in [5.41, 5.74) is 0. The van der Waals surface area contributed by atoms with E-state index in [9.17, 15) is 14.7 Å². The van der Waals surface area contributed by atoms with Crippen LogP contribution in [0.2, 0.25) is 0 Å². The Labute approximate surface area is 452 Å². The van der Waals surface area contributed by atoms with Crippen molar-refractivity contribution < 1.29 is 24.2 Å². The number of allylic oxidation sites excluding steroid dienone is 18. The summed E-state index contributed by atoms with van der Waals surface area (Å²) >= 11 is 0. The molecule has 0 aromatic carbocycles. The summed E-state index contributed by atoms with van der Waals surface area (Å²) < 4.78 is 10.7. The molecule has 0 aliphatic rings. The molecule has 0 aromatic rings. The number of carbonyl (C=O) groups is 2. The predicted molar refractivity (Wildman–Crippen MR) is 320 cm³/mol. The first-order valence-corrected chi connectivity index (χ1v) is 30.9. The quantitative estimate of drug-likeness (QED) is 0.0373. The average molecular weight is 1010 g/mol. The van der Waals surface area contributed by atoms with Gasteiger partial charge in [0.15, 0.2) is 6.10 Å². The molecule has 5 heteroatoms. The minimum Gasteiger partial charge on any atom is -0.462 e. The lowest BCUT2D eigenvalue weighted by Gasteiger charge is -2.15. The molecule has 0 amide bonds. The van der Waals surface area contributed by atoms with Crippen LogP contribution in [0.4, 0.5) is 0 Å². The first-order valence-electron chi connectivity index (χ1n) is 30.9. The Bertz CT molecular complexity index is 1420. The number of ether oxygens (including phenoxy) is 2. The molecular weight excluding hydrogens is 897 g/mol. The first-order chi connectivity index (χ1) is 36.1. The molecule has 0 bridgehead atoms. The molecular formula is C68H116O5. The number of aliphatic hydroxyl groups is 1. The van der Waals surface area contributed by atoms with Crippen molar-refractivity contribution in [3.05, 3.63) is 109 Å². The SMILES string of the molecule is CC/C=C\C/C=C\C/C=C\C/C=C\C/C=C\C/C=C\C/C=C\C/C=C\C/C=C\CCCCCCCC(=O)OC(CO)COC(=O)CCCCCCCCCCCCCCCCCCCCCCCCCCCC. The van der Waals surface area contributed by atoms with Crippen molar-refractivity contribution in [2.24, 2.45) is 0 Å². The van der Waals surface area contributed by atoms with Crippen LogP contribution in [0.3, 0.4) is 0 Å². The summed E-state index contributed by atoms with van der Waals surface area (Å²) in [7, 11) is 0. The van der Waals surface area contributed by atoms with Gasteiger partial charge in [0.05, 0.1) is 6.61 Å². The van der Waals surface area contributed by atoms with E-state index in [1.165, 1.54) is 148 Å². The smallest absolute Gasteiger partial charge is 0.306 e. The molecule has 0 saturated carbocycles. The summed E-state index contributed by atoms with van der Waals surface area (Å²) in [5.74, 6) is -0.608. The van der Waals surface area contributed by atoms with Gasteiger partial charge < -0.3 is 14.6 Å². The number of unbranched alkanes of at least 4 members (excludes halogenated alkanes) is 30. The van der Waals surface area contributed by atoms with Gasteiger partial charge in [-0.25, -0.2) is 0 Å². The van der Waals surface area contributed by atoms with Crippen LogP contribution < -0.4 is 0 Å². The maximum absolute atomic E-state index is 12.3. The van der Waals surface area contributed by atoms with Crippen LogP contribution in [-0.2, 0) is 19.1 Å². The van der Waals surface area contributed by atoms with Gasteiger partial charge in [0.2, 0.25) is 0 Å². The second-order valence-electron chi connectivity index (χ2n) is 20.4. The highest BCUT2D eigenvalue weighted by Gasteiger charge is 2.16. The van der Waals surface area contributed by atoms with E-state index in [1.807, 2.05) is 0 Å². The summed E-state index contributed by atoms with van der Waals surface area (Å²) in [6.45, 7) is 4.04. The summed E-state index contributed by atoms with van der Waals surface area (Å²) in [4.78, 5) is 24.6. The van der Waals surface area contributed by atoms with Gasteiger partial charge in [0, 0.05) is 12.8 Å². The Kier molecular flexibility index (Phi) is 59.9. The van der Waals surface area contributed by atoms with E-state index in [0.717, 1.165) is 116 Å². The molecule has 418 valence electrons. The predicted octanol–water partition coefficient (Wildman–Crippen LogP) is 21.3. The number of esters is 2. The van der Waals surface area contributed by atoms with Gasteiger partial charge in [0.1, 0.15) is 6.61 Å². The zero-order valence-corrected chi connectivity index (χ0v) is 47.9. The van der Waals surface area contributed by atoms with Crippen LogP contribution in [-0.4, -0.2) is 36.4 Å². The Morgan fingerprint density at radius 1 is 0.329 bits per heavy atom. The van der Waals surface area contributed by atoms with E-state index < -0.39 is 6.10 Å². The number of rotatable bonds is 56. The molecule has 0 aliphatic carbocycles. The van der Waals surface area contributed by atoms with Gasteiger partial charge in [-0.15, -0.1) is 0 Å². The van der Waals surface area contributed by atoms with Crippen molar-refractivity contribution in [2.45, 2.75) is 296 Å². The second kappa shape index (κ2) is 62.9. The minimum atomic E-state index is -0.789. The van der Waals surface area contributed by atoms with Crippen molar-refractivity contribution in [1.82, 2.24) is 0 Å². The Morgan fingerprint density at radius 3 is 0.890 bits per heavy atom. The van der Waals surface area contributed by atoms with Gasteiger partial charge in [-0.05, 0) is 83.5 Å². The summed E-state index contributed by atoms with van der Waals surface area (Å²) in [5, 5.41) is 9.67. The largest absolute Gasteiger partial charge is 0.462 e. The van der Waals surface area contributed by atoms with Crippen LogP contribution in [0.1, 0.15) is 290 Å². The number of hydrogen-bond donors (Lipinski definition) is 1. The van der Waals surface area contributed by atoms with E-state index in [0.29, 0.717) is 12.8 Å². The molecule has 0 fully saturated rings. The van der Waals surface area contributed by atoms with Crippen LogP contribution in [0.25, 0.3) is 0 Å². The molecule has 1 N–H and O–H groups in total. The Balaban J connectivity index is 3.56. The summed E-state index contributed by atoms with van der Waals surface area (Å²) in [6, 6.07) is 0. The number of aliphatic hydroxyl groups excluding tert-OH is 1. The molecule has 0 aromatic heterocycles. The van der Waals surface area contributed by atoms with Crippen LogP contribution >= 0.6 is 0 Å². The molecule has 1 unspecified atom stereocenters. The molecule has 73 heavy (non-hydrogen) atoms. The van der Waals surface area contributed by atoms with Crippen molar-refractivity contribution >= 4 is 11.9 Å². The normalized spacial score (nSPS) is 13.0. The maximum atomic E-state index is 12.3. The van der Waals surface area contributed by atoms with Crippen LogP contribution in [0, 0.1) is 0 Å². The molecule has 0 radical (unpaired) electrons. The van der Waals surface area contributed by atoms with Gasteiger partial charge in [0.25, 0.3) is 0 Å². The Morgan fingerprint density at radius 2 is 0.589 bits per heavy atom. The topological polar surface area (TPSA) is 72.8 Å². The third kappa shape index (κ3) is 61.0. The lowest BCUT2D eigenvalue weighted by atomic mass is 10.0. The Hall–Kier alpha value is -3.44. The third-order valence-corrected chi connectivity index (χ3v) is 13.3. The average Bonchev–Trinajstić information content (AvgIpc) is 3.39. The molecule has 0 rings (SSSR count). The fourth-order valence-electron chi connectivity index (χ4n) is 8.73. The maximum Gasteiger partial charge on any atom is 0.306 e. The molecule has 1 atom stereocenters. The van der Waals surface area contributed by atoms with Crippen molar-refractivity contribution in [1.29, 1.82) is 0 Å². The monoisotopic (exact) mass is 1010 g/mol. The van der Waals surface area contributed by atoms with E-state index >= 15 is 0 Å². The second-order valence-corrected chi connectivity index (χ2v) is 20.4. The summed E-state index contributed by atoms with van der Waals surface area (Å²) in [6.07, 6.45) is 90.8. The fraction of sp³-hybridized carbons (Fsp3) is 0.706. The lowest BCUT2D eigenvalue weighted by Crippen LogP contribution is -2.28. The van der Waals surface area contributed by atoms with Crippen LogP contribution in [0.5, 0.6) is 0 Å². The standard InChI is InChI=1S/C68H116O5/c1-3-5-7-9-11-13-15-17-19-21-23-25-27-29-31-32-33-34-35-36-37-39-41-43-45-47-49-51-53-55-57-59-61-63-68(71)73-66(64-69)65-72-67(70)62-60-58-56-54-52-50-48-46-44-42-40-38-30-28-26-24-22-20-18-16-14-12-10-8-6-4-2/h5,7,11,13,17,19,23,25,29,31,33-34,36-37,41,43,47,49,66,69H,3-4,6,8-10,12,14-16,18,20-22,24,26-28,30,32,35,38-40,42,44-46,48,50-65H2,1-2H3/b7-5-,13-11-,19-17-,25-23-,31-29-,34-33-,37-36-,43-41-,49-47-. The molecule has 0 aliphatic heterocycles. The van der Waals surface area contributed by atoms with Crippen molar-refractivity contribution in [3.8, 4) is 0 Å². The highest BCUT2D eigenvalue weighted by Crippen LogP contribution is 2.17. The third-order valence-electron chi connectivity index (χ3n) is 13.3. The zero-order chi connectivity index (χ0) is 52.7. The molecule has 0 spiro atoms. The van der Waals surface area contributed by atoms with E-state index in [2.05, 4.69) is 123 Å². The number of carbonyl (C=O) groups excluding carboxylic acids is 2. The highest BCUT2D eigenvalue weighted by atomic mass is 16.6. The van der Waals surface area contributed by atoms with E-state index in [1.54, 1.807) is 0 Å². The van der Waals surface area contributed by atoms with Gasteiger partial charge in [-0.2, -0.15) is 0 Å². The van der Waals surface area contributed by atoms with Crippen molar-refractivity contribution in [3.63, 3.8) is 0 Å². The lowest BCUT2D eigenvalue weighted by molar-refractivity contribution is -0.161. The van der Waals surface area contributed by atoms with Gasteiger partial charge in [-0.3, -0.25) is 9.59 Å².